The number of ketones is 2. The second-order valence-corrected chi connectivity index (χ2v) is 9.69. The number of phenolic OH excluding ortho intramolecular Hbond substituents is 8. The van der Waals surface area contributed by atoms with E-state index >= 15 is 0 Å². The molecule has 0 fully saturated rings. The van der Waals surface area contributed by atoms with E-state index in [1.807, 2.05) is 0 Å². The van der Waals surface area contributed by atoms with Gasteiger partial charge in [0.15, 0.2) is 34.5 Å². The maximum atomic E-state index is 13.1. The number of aromatic hydroxyl groups is 8. The van der Waals surface area contributed by atoms with E-state index in [2.05, 4.69) is 0 Å². The van der Waals surface area contributed by atoms with Gasteiger partial charge in [0, 0.05) is 23.8 Å². The Morgan fingerprint density at radius 2 is 1.40 bits per heavy atom. The quantitative estimate of drug-likeness (QED) is 0.127. The summed E-state index contributed by atoms with van der Waals surface area (Å²) in [5.41, 5.74) is -0.793. The van der Waals surface area contributed by atoms with Crippen LogP contribution in [0.1, 0.15) is 44.4 Å². The minimum atomic E-state index is -0.914. The summed E-state index contributed by atoms with van der Waals surface area (Å²) in [5.74, 6) is -6.38. The minimum Gasteiger partial charge on any atom is -0.508 e. The fourth-order valence-corrected chi connectivity index (χ4v) is 5.00. The van der Waals surface area contributed by atoms with Crippen molar-refractivity contribution in [1.82, 2.24) is 0 Å². The van der Waals surface area contributed by atoms with Gasteiger partial charge in [-0.1, -0.05) is 6.07 Å². The summed E-state index contributed by atoms with van der Waals surface area (Å²) in [5, 5.41) is 82.2. The van der Waals surface area contributed by atoms with Crippen molar-refractivity contribution >= 4 is 17.6 Å². The number of hydrogen-bond acceptors (Lipinski definition) is 12. The fourth-order valence-electron chi connectivity index (χ4n) is 5.00. The lowest BCUT2D eigenvalue weighted by molar-refractivity contribution is 0.0844. The molecule has 2 aliphatic rings. The van der Waals surface area contributed by atoms with E-state index in [1.54, 1.807) is 0 Å². The summed E-state index contributed by atoms with van der Waals surface area (Å²) in [6.45, 7) is 0. The highest BCUT2D eigenvalue weighted by Crippen LogP contribution is 2.52. The lowest BCUT2D eigenvalue weighted by atomic mass is 9.90. The van der Waals surface area contributed by atoms with Crippen LogP contribution < -0.4 is 9.47 Å². The summed E-state index contributed by atoms with van der Waals surface area (Å²) < 4.78 is 11.3. The van der Waals surface area contributed by atoms with Gasteiger partial charge in [0.1, 0.15) is 51.7 Å². The second kappa shape index (κ2) is 9.27. The van der Waals surface area contributed by atoms with Crippen molar-refractivity contribution in [1.29, 1.82) is 0 Å². The average molecular weight is 572 g/mol. The van der Waals surface area contributed by atoms with Gasteiger partial charge in [-0.2, -0.15) is 0 Å². The molecule has 0 spiro atoms. The molecular weight excluding hydrogens is 552 g/mol. The molecule has 212 valence electrons. The van der Waals surface area contributed by atoms with Crippen molar-refractivity contribution in [2.75, 3.05) is 0 Å². The Bertz CT molecular complexity index is 1890. The molecule has 4 aromatic carbocycles. The van der Waals surface area contributed by atoms with Crippen LogP contribution in [0, 0.1) is 0 Å². The van der Waals surface area contributed by atoms with E-state index < -0.39 is 57.7 Å². The Balaban J connectivity index is 1.41. The number of rotatable bonds is 3. The van der Waals surface area contributed by atoms with E-state index in [1.165, 1.54) is 30.3 Å². The molecule has 2 aliphatic heterocycles. The molecule has 0 saturated carbocycles. The molecule has 0 aliphatic carbocycles. The normalized spacial score (nSPS) is 16.6. The molecule has 0 aromatic heterocycles. The number of hydrogen-bond donors (Lipinski definition) is 8. The molecule has 4 aromatic rings. The molecule has 6 rings (SSSR count). The summed E-state index contributed by atoms with van der Waals surface area (Å²) in [4.78, 5) is 25.9. The zero-order valence-corrected chi connectivity index (χ0v) is 21.2. The van der Waals surface area contributed by atoms with Gasteiger partial charge in [-0.05, 0) is 41.5 Å². The predicted molar refractivity (Wildman–Crippen MR) is 143 cm³/mol. The molecule has 12 nitrogen and oxygen atoms in total. The molecule has 2 heterocycles. The topological polar surface area (TPSA) is 214 Å². The first-order chi connectivity index (χ1) is 19.9. The fraction of sp³-hybridized carbons (Fsp3) is 0.0667. The third-order valence-corrected chi connectivity index (χ3v) is 6.95. The Hall–Kier alpha value is -6.04. The molecule has 1 atom stereocenters. The highest BCUT2D eigenvalue weighted by atomic mass is 16.5. The van der Waals surface area contributed by atoms with Gasteiger partial charge in [-0.25, -0.2) is 0 Å². The van der Waals surface area contributed by atoms with Gasteiger partial charge in [-0.3, -0.25) is 9.59 Å². The number of fused-ring (bicyclic) bond motifs is 2. The Kier molecular flexibility index (Phi) is 5.78. The Morgan fingerprint density at radius 3 is 2.14 bits per heavy atom. The van der Waals surface area contributed by atoms with Gasteiger partial charge >= 0.3 is 0 Å². The van der Waals surface area contributed by atoms with Gasteiger partial charge in [-0.15, -0.1) is 0 Å². The molecule has 12 heteroatoms. The molecule has 0 amide bonds. The average Bonchev–Trinajstić information content (AvgIpc) is 3.22. The lowest BCUT2D eigenvalue weighted by Gasteiger charge is -2.27. The van der Waals surface area contributed by atoms with Crippen LogP contribution in [-0.2, 0) is 0 Å². The molecule has 1 unspecified atom stereocenters. The Morgan fingerprint density at radius 1 is 0.667 bits per heavy atom. The number of ether oxygens (including phenoxy) is 2. The van der Waals surface area contributed by atoms with E-state index in [4.69, 9.17) is 9.47 Å². The Labute approximate surface area is 235 Å². The van der Waals surface area contributed by atoms with E-state index in [9.17, 15) is 50.4 Å². The van der Waals surface area contributed by atoms with Crippen LogP contribution in [0.4, 0.5) is 0 Å². The summed E-state index contributed by atoms with van der Waals surface area (Å²) in [7, 11) is 0. The van der Waals surface area contributed by atoms with Crippen LogP contribution in [0.2, 0.25) is 0 Å². The molecule has 0 saturated heterocycles. The van der Waals surface area contributed by atoms with Crippen LogP contribution in [0.15, 0.2) is 54.3 Å². The number of carbonyl (C=O) groups is 2. The van der Waals surface area contributed by atoms with Gasteiger partial charge in [0.25, 0.3) is 0 Å². The SMILES string of the molecule is O=C1C(=Cc2cc(O)c(O)c(-c3c(O)cc4c(c3O)C(=O)CC(c3ccc(O)c(O)c3)O4)c2)Oc2cc(O)cc(O)c21. The summed E-state index contributed by atoms with van der Waals surface area (Å²) >= 11 is 0. The first-order valence-electron chi connectivity index (χ1n) is 12.3. The molecule has 42 heavy (non-hydrogen) atoms. The number of benzene rings is 4. The van der Waals surface area contributed by atoms with Crippen molar-refractivity contribution in [3.8, 4) is 68.6 Å². The van der Waals surface area contributed by atoms with Gasteiger partial charge in [0.2, 0.25) is 5.78 Å². The second-order valence-electron chi connectivity index (χ2n) is 9.69. The van der Waals surface area contributed by atoms with Crippen LogP contribution in [0.5, 0.6) is 57.5 Å². The van der Waals surface area contributed by atoms with E-state index in [0.717, 1.165) is 24.3 Å². The maximum Gasteiger partial charge on any atom is 0.235 e. The van der Waals surface area contributed by atoms with E-state index in [0.29, 0.717) is 5.56 Å². The van der Waals surface area contributed by atoms with Crippen LogP contribution in [0.25, 0.3) is 17.2 Å². The smallest absolute Gasteiger partial charge is 0.235 e. The molecular formula is C30H20O12. The van der Waals surface area contributed by atoms with Crippen molar-refractivity contribution in [2.24, 2.45) is 0 Å². The summed E-state index contributed by atoms with van der Waals surface area (Å²) in [6, 6.07) is 9.30. The first-order valence-corrected chi connectivity index (χ1v) is 12.3. The van der Waals surface area contributed by atoms with Crippen molar-refractivity contribution in [3.63, 3.8) is 0 Å². The van der Waals surface area contributed by atoms with Crippen LogP contribution in [0.3, 0.4) is 0 Å². The number of Topliss-reactive ketones (excluding diaryl/α,β-unsaturated/α-hetero) is 2. The van der Waals surface area contributed by atoms with Gasteiger partial charge in [0.05, 0.1) is 12.0 Å². The number of allylic oxidation sites excluding steroid dienone is 1. The van der Waals surface area contributed by atoms with Gasteiger partial charge < -0.3 is 50.3 Å². The molecule has 0 radical (unpaired) electrons. The zero-order chi connectivity index (χ0) is 30.0. The monoisotopic (exact) mass is 572 g/mol. The lowest BCUT2D eigenvalue weighted by Crippen LogP contribution is -2.20. The third-order valence-electron chi connectivity index (χ3n) is 6.95. The highest BCUT2D eigenvalue weighted by Gasteiger charge is 2.35. The van der Waals surface area contributed by atoms with Crippen molar-refractivity contribution in [3.05, 3.63) is 76.5 Å². The minimum absolute atomic E-state index is 0.0615. The van der Waals surface area contributed by atoms with Crippen LogP contribution >= 0.6 is 0 Å². The standard InChI is InChI=1S/C30H20O12/c31-13-7-17(34)26-22(8-13)42-24(29(26)39)5-11-3-14(28(38)20(37)4-11)25-18(35)10-23-27(30(25)40)19(36)9-21(41-23)12-1-2-15(32)16(33)6-12/h1-8,10,21,31-35,37-38,40H,9H2. The van der Waals surface area contributed by atoms with Crippen molar-refractivity contribution < 1.29 is 59.9 Å². The summed E-state index contributed by atoms with van der Waals surface area (Å²) in [6.07, 6.45) is -0.0243. The number of carbonyl (C=O) groups excluding carboxylic acids is 2. The number of phenols is 8. The maximum absolute atomic E-state index is 13.1. The largest absolute Gasteiger partial charge is 0.508 e. The van der Waals surface area contributed by atoms with E-state index in [-0.39, 0.29) is 57.4 Å². The third kappa shape index (κ3) is 4.09. The zero-order valence-electron chi connectivity index (χ0n) is 21.2. The molecule has 8 N–H and O–H groups in total. The molecule has 0 bridgehead atoms. The first kappa shape index (κ1) is 26.2. The van der Waals surface area contributed by atoms with Crippen molar-refractivity contribution in [2.45, 2.75) is 12.5 Å². The van der Waals surface area contributed by atoms with Crippen LogP contribution in [-0.4, -0.2) is 52.4 Å². The predicted octanol–water partition coefficient (Wildman–Crippen LogP) is 4.32. The highest BCUT2D eigenvalue weighted by molar-refractivity contribution is 6.16.